The smallest absolute Gasteiger partial charge is 0.224 e. The molecule has 0 aliphatic heterocycles. The number of halogens is 1. The van der Waals surface area contributed by atoms with Crippen molar-refractivity contribution in [2.45, 2.75) is 20.5 Å². The molecule has 0 bridgehead atoms. The lowest BCUT2D eigenvalue weighted by molar-refractivity contribution is 0.293. The first kappa shape index (κ1) is 13.1. The van der Waals surface area contributed by atoms with Crippen molar-refractivity contribution in [2.24, 2.45) is 0 Å². The summed E-state index contributed by atoms with van der Waals surface area (Å²) in [6, 6.07) is 5.80. The number of hydrogen-bond donors (Lipinski definition) is 0. The van der Waals surface area contributed by atoms with Crippen molar-refractivity contribution in [2.75, 3.05) is 0 Å². The molecule has 0 saturated heterocycles. The highest BCUT2D eigenvalue weighted by Gasteiger charge is 2.11. The molecule has 0 amide bonds. The number of fused-ring (bicyclic) bond motifs is 1. The topological polar surface area (TPSA) is 61.0 Å². The standard InChI is InChI=1S/C14H12BrN3O2/c1-8-12(9(2)20-18-8)6-19-14-11-5-10(15)3-4-13(11)16-7-17-14/h3-5,7H,6H2,1-2H3. The van der Waals surface area contributed by atoms with E-state index in [4.69, 9.17) is 9.26 Å². The van der Waals surface area contributed by atoms with E-state index in [9.17, 15) is 0 Å². The maximum Gasteiger partial charge on any atom is 0.224 e. The van der Waals surface area contributed by atoms with E-state index < -0.39 is 0 Å². The van der Waals surface area contributed by atoms with E-state index in [-0.39, 0.29) is 0 Å². The average molecular weight is 334 g/mol. The van der Waals surface area contributed by atoms with Gasteiger partial charge in [-0.15, -0.1) is 0 Å². The molecule has 0 spiro atoms. The van der Waals surface area contributed by atoms with Crippen LogP contribution in [0.5, 0.6) is 5.88 Å². The molecule has 2 aromatic heterocycles. The molecule has 5 nitrogen and oxygen atoms in total. The largest absolute Gasteiger partial charge is 0.472 e. The monoisotopic (exact) mass is 333 g/mol. The molecular weight excluding hydrogens is 322 g/mol. The van der Waals surface area contributed by atoms with E-state index in [1.54, 1.807) is 0 Å². The van der Waals surface area contributed by atoms with Crippen molar-refractivity contribution < 1.29 is 9.26 Å². The Morgan fingerprint density at radius 1 is 1.25 bits per heavy atom. The summed E-state index contributed by atoms with van der Waals surface area (Å²) >= 11 is 3.44. The molecule has 6 heteroatoms. The summed E-state index contributed by atoms with van der Waals surface area (Å²) in [5.41, 5.74) is 2.63. The number of benzene rings is 1. The Morgan fingerprint density at radius 2 is 2.10 bits per heavy atom. The van der Waals surface area contributed by atoms with Crippen molar-refractivity contribution in [3.8, 4) is 5.88 Å². The lowest BCUT2D eigenvalue weighted by Crippen LogP contribution is -2.00. The van der Waals surface area contributed by atoms with Gasteiger partial charge in [0.05, 0.1) is 22.2 Å². The number of hydrogen-bond acceptors (Lipinski definition) is 5. The van der Waals surface area contributed by atoms with Crippen molar-refractivity contribution >= 4 is 26.8 Å². The second-order valence-electron chi connectivity index (χ2n) is 4.43. The zero-order valence-corrected chi connectivity index (χ0v) is 12.6. The van der Waals surface area contributed by atoms with Gasteiger partial charge >= 0.3 is 0 Å². The van der Waals surface area contributed by atoms with Gasteiger partial charge in [0.1, 0.15) is 18.7 Å². The highest BCUT2D eigenvalue weighted by molar-refractivity contribution is 9.10. The summed E-state index contributed by atoms with van der Waals surface area (Å²) in [6.07, 6.45) is 1.50. The summed E-state index contributed by atoms with van der Waals surface area (Å²) in [7, 11) is 0. The quantitative estimate of drug-likeness (QED) is 0.733. The molecule has 3 aromatic rings. The molecule has 20 heavy (non-hydrogen) atoms. The maximum absolute atomic E-state index is 5.81. The average Bonchev–Trinajstić information content (AvgIpc) is 2.76. The van der Waals surface area contributed by atoms with Gasteiger partial charge in [-0.25, -0.2) is 9.97 Å². The Bertz CT molecular complexity index is 751. The first-order valence-electron chi connectivity index (χ1n) is 6.10. The first-order valence-corrected chi connectivity index (χ1v) is 6.89. The van der Waals surface area contributed by atoms with Crippen molar-refractivity contribution in [3.63, 3.8) is 0 Å². The van der Waals surface area contributed by atoms with Crippen LogP contribution < -0.4 is 4.74 Å². The number of nitrogens with zero attached hydrogens (tertiary/aromatic N) is 3. The predicted octanol–water partition coefficient (Wildman–Crippen LogP) is 3.58. The van der Waals surface area contributed by atoms with Crippen LogP contribution in [0.4, 0.5) is 0 Å². The third-order valence-corrected chi connectivity index (χ3v) is 3.59. The van der Waals surface area contributed by atoms with Gasteiger partial charge in [-0.3, -0.25) is 0 Å². The van der Waals surface area contributed by atoms with E-state index >= 15 is 0 Å². The second kappa shape index (κ2) is 5.20. The minimum atomic E-state index is 0.375. The molecule has 0 radical (unpaired) electrons. The number of ether oxygens (including phenoxy) is 1. The van der Waals surface area contributed by atoms with Crippen LogP contribution in [0.1, 0.15) is 17.0 Å². The lowest BCUT2D eigenvalue weighted by atomic mass is 10.2. The SMILES string of the molecule is Cc1noc(C)c1COc1ncnc2ccc(Br)cc12. The van der Waals surface area contributed by atoms with Crippen LogP contribution >= 0.6 is 15.9 Å². The van der Waals surface area contributed by atoms with Crippen LogP contribution in [0.2, 0.25) is 0 Å². The van der Waals surface area contributed by atoms with Crippen molar-refractivity contribution in [3.05, 3.63) is 46.0 Å². The molecule has 1 aromatic carbocycles. The first-order chi connectivity index (χ1) is 9.65. The van der Waals surface area contributed by atoms with Gasteiger partial charge < -0.3 is 9.26 Å². The molecule has 0 aliphatic carbocycles. The van der Waals surface area contributed by atoms with Gasteiger partial charge in [-0.1, -0.05) is 21.1 Å². The summed E-state index contributed by atoms with van der Waals surface area (Å²) in [4.78, 5) is 8.42. The van der Waals surface area contributed by atoms with E-state index in [1.165, 1.54) is 6.33 Å². The van der Waals surface area contributed by atoms with Crippen molar-refractivity contribution in [1.82, 2.24) is 15.1 Å². The van der Waals surface area contributed by atoms with E-state index in [2.05, 4.69) is 31.1 Å². The Kier molecular flexibility index (Phi) is 3.40. The number of aromatic nitrogens is 3. The van der Waals surface area contributed by atoms with Crippen LogP contribution in [0.3, 0.4) is 0 Å². The van der Waals surface area contributed by atoms with Gasteiger partial charge in [0.25, 0.3) is 0 Å². The molecule has 0 atom stereocenters. The Morgan fingerprint density at radius 3 is 2.85 bits per heavy atom. The van der Waals surface area contributed by atoms with Crippen LogP contribution in [0.15, 0.2) is 33.5 Å². The van der Waals surface area contributed by atoms with Gasteiger partial charge in [0, 0.05) is 4.47 Å². The second-order valence-corrected chi connectivity index (χ2v) is 5.35. The Hall–Kier alpha value is -1.95. The van der Waals surface area contributed by atoms with Crippen LogP contribution in [0, 0.1) is 13.8 Å². The normalized spacial score (nSPS) is 10.9. The molecule has 0 saturated carbocycles. The summed E-state index contributed by atoms with van der Waals surface area (Å²) in [6.45, 7) is 4.14. The molecule has 2 heterocycles. The minimum absolute atomic E-state index is 0.375. The minimum Gasteiger partial charge on any atom is -0.472 e. The molecule has 0 N–H and O–H groups in total. The fraction of sp³-hybridized carbons (Fsp3) is 0.214. The number of rotatable bonds is 3. The third kappa shape index (κ3) is 2.38. The van der Waals surface area contributed by atoms with Gasteiger partial charge in [-0.05, 0) is 32.0 Å². The summed E-state index contributed by atoms with van der Waals surface area (Å²) < 4.78 is 11.9. The zero-order chi connectivity index (χ0) is 14.1. The zero-order valence-electron chi connectivity index (χ0n) is 11.1. The van der Waals surface area contributed by atoms with Crippen molar-refractivity contribution in [1.29, 1.82) is 0 Å². The summed E-state index contributed by atoms with van der Waals surface area (Å²) in [5.74, 6) is 1.32. The Balaban J connectivity index is 1.93. The molecule has 0 unspecified atom stereocenters. The molecule has 3 rings (SSSR count). The summed E-state index contributed by atoms with van der Waals surface area (Å²) in [5, 5.41) is 4.78. The van der Waals surface area contributed by atoms with E-state index in [0.717, 1.165) is 32.4 Å². The Labute approximate surface area is 124 Å². The maximum atomic E-state index is 5.81. The highest BCUT2D eigenvalue weighted by atomic mass is 79.9. The van der Waals surface area contributed by atoms with E-state index in [1.807, 2.05) is 32.0 Å². The fourth-order valence-electron chi connectivity index (χ4n) is 1.97. The van der Waals surface area contributed by atoms with Gasteiger partial charge in [0.2, 0.25) is 5.88 Å². The van der Waals surface area contributed by atoms with Crippen LogP contribution in [-0.4, -0.2) is 15.1 Å². The van der Waals surface area contributed by atoms with Gasteiger partial charge in [-0.2, -0.15) is 0 Å². The third-order valence-electron chi connectivity index (χ3n) is 3.10. The number of aryl methyl sites for hydroxylation is 2. The lowest BCUT2D eigenvalue weighted by Gasteiger charge is -2.07. The predicted molar refractivity (Wildman–Crippen MR) is 77.5 cm³/mol. The molecule has 102 valence electrons. The molecule has 0 aliphatic rings. The molecule has 0 fully saturated rings. The molecular formula is C14H12BrN3O2. The van der Waals surface area contributed by atoms with Crippen LogP contribution in [0.25, 0.3) is 10.9 Å². The van der Waals surface area contributed by atoms with Crippen LogP contribution in [-0.2, 0) is 6.61 Å². The van der Waals surface area contributed by atoms with Gasteiger partial charge in [0.15, 0.2) is 0 Å². The highest BCUT2D eigenvalue weighted by Crippen LogP contribution is 2.26. The fourth-order valence-corrected chi connectivity index (χ4v) is 2.33. The van der Waals surface area contributed by atoms with E-state index in [0.29, 0.717) is 12.5 Å².